The van der Waals surface area contributed by atoms with Crippen LogP contribution in [0, 0.1) is 6.92 Å². The van der Waals surface area contributed by atoms with E-state index in [9.17, 15) is 13.2 Å². The Labute approximate surface area is 167 Å². The van der Waals surface area contributed by atoms with Gasteiger partial charge in [0, 0.05) is 16.1 Å². The normalized spacial score (nSPS) is 11.2. The second-order valence-electron chi connectivity index (χ2n) is 6.11. The third kappa shape index (κ3) is 5.08. The Kier molecular flexibility index (Phi) is 5.66. The molecule has 2 aromatic carbocycles. The molecule has 0 saturated carbocycles. The molecule has 0 atom stereocenters. The van der Waals surface area contributed by atoms with Crippen LogP contribution in [0.2, 0.25) is 5.02 Å². The number of aromatic nitrogens is 2. The summed E-state index contributed by atoms with van der Waals surface area (Å²) in [6, 6.07) is 11.6. The lowest BCUT2D eigenvalue weighted by Gasteiger charge is -2.09. The van der Waals surface area contributed by atoms with Crippen molar-refractivity contribution in [1.29, 1.82) is 0 Å². The Morgan fingerprint density at radius 2 is 1.89 bits per heavy atom. The second kappa shape index (κ2) is 7.99. The summed E-state index contributed by atoms with van der Waals surface area (Å²) in [6.07, 6.45) is 1.07. The number of rotatable bonds is 6. The number of hydrogen-bond donors (Lipinski definition) is 2. The molecule has 0 spiro atoms. The molecule has 1 aromatic heterocycles. The van der Waals surface area contributed by atoms with Crippen LogP contribution in [0.15, 0.2) is 47.0 Å². The van der Waals surface area contributed by atoms with Gasteiger partial charge in [-0.3, -0.25) is 9.52 Å². The Balaban J connectivity index is 1.64. The molecule has 0 aliphatic carbocycles. The summed E-state index contributed by atoms with van der Waals surface area (Å²) in [6.45, 7) is 1.77. The van der Waals surface area contributed by atoms with Gasteiger partial charge in [0.1, 0.15) is 0 Å². The van der Waals surface area contributed by atoms with Crippen molar-refractivity contribution in [1.82, 2.24) is 15.5 Å². The van der Waals surface area contributed by atoms with Crippen LogP contribution in [-0.2, 0) is 16.6 Å². The van der Waals surface area contributed by atoms with Crippen molar-refractivity contribution in [3.63, 3.8) is 0 Å². The summed E-state index contributed by atoms with van der Waals surface area (Å²) in [7, 11) is -3.39. The number of hydrogen-bond acceptors (Lipinski definition) is 6. The zero-order valence-electron chi connectivity index (χ0n) is 15.1. The van der Waals surface area contributed by atoms with Crippen molar-refractivity contribution < 1.29 is 17.7 Å². The van der Waals surface area contributed by atoms with Crippen LogP contribution in [0.4, 0.5) is 5.69 Å². The van der Waals surface area contributed by atoms with Gasteiger partial charge in [-0.1, -0.05) is 16.8 Å². The maximum Gasteiger partial charge on any atom is 0.251 e. The molecule has 3 aromatic rings. The summed E-state index contributed by atoms with van der Waals surface area (Å²) in [4.78, 5) is 16.6. The van der Waals surface area contributed by atoms with Gasteiger partial charge in [0.2, 0.25) is 21.7 Å². The van der Waals surface area contributed by atoms with Crippen LogP contribution in [0.1, 0.15) is 21.8 Å². The molecule has 0 aliphatic rings. The molecule has 0 unspecified atom stereocenters. The first kappa shape index (κ1) is 19.8. The first-order chi connectivity index (χ1) is 13.2. The number of nitrogens with one attached hydrogen (secondary N) is 2. The molecule has 146 valence electrons. The number of nitrogens with zero attached hydrogens (tertiary/aromatic N) is 2. The molecule has 0 fully saturated rings. The summed E-state index contributed by atoms with van der Waals surface area (Å²) >= 11 is 5.85. The Bertz CT molecular complexity index is 1110. The van der Waals surface area contributed by atoms with E-state index < -0.39 is 10.0 Å². The topological polar surface area (TPSA) is 114 Å². The summed E-state index contributed by atoms with van der Waals surface area (Å²) in [5.41, 5.74) is 2.17. The van der Waals surface area contributed by atoms with E-state index in [4.69, 9.17) is 16.1 Å². The molecule has 3 rings (SSSR count). The minimum atomic E-state index is -3.39. The molecular formula is C18H17ClN4O4S. The van der Waals surface area contributed by atoms with Crippen molar-refractivity contribution in [2.45, 2.75) is 13.5 Å². The van der Waals surface area contributed by atoms with Crippen LogP contribution in [0.3, 0.4) is 0 Å². The largest absolute Gasteiger partial charge is 0.343 e. The Hall–Kier alpha value is -2.91. The Morgan fingerprint density at radius 3 is 2.54 bits per heavy atom. The van der Waals surface area contributed by atoms with Gasteiger partial charge < -0.3 is 9.84 Å². The van der Waals surface area contributed by atoms with Crippen molar-refractivity contribution in [3.05, 3.63) is 64.5 Å². The molecule has 10 heteroatoms. The van der Waals surface area contributed by atoms with Crippen molar-refractivity contribution >= 4 is 33.2 Å². The third-order valence-electron chi connectivity index (χ3n) is 3.75. The average Bonchev–Trinajstić information content (AvgIpc) is 3.10. The maximum atomic E-state index is 12.3. The second-order valence-corrected chi connectivity index (χ2v) is 8.29. The highest BCUT2D eigenvalue weighted by Gasteiger charge is 2.13. The lowest BCUT2D eigenvalue weighted by Crippen LogP contribution is -2.23. The summed E-state index contributed by atoms with van der Waals surface area (Å²) < 4.78 is 30.2. The van der Waals surface area contributed by atoms with Gasteiger partial charge >= 0.3 is 0 Å². The van der Waals surface area contributed by atoms with Gasteiger partial charge in [0.05, 0.1) is 18.5 Å². The number of benzene rings is 2. The fraction of sp³-hybridized carbons (Fsp3) is 0.167. The number of sulfonamides is 1. The molecule has 0 aliphatic heterocycles. The van der Waals surface area contributed by atoms with Crippen molar-refractivity contribution in [2.24, 2.45) is 0 Å². The number of carbonyl (C=O) groups is 1. The fourth-order valence-electron chi connectivity index (χ4n) is 2.42. The zero-order chi connectivity index (χ0) is 20.3. The number of carbonyl (C=O) groups excluding carboxylic acids is 1. The molecular weight excluding hydrogens is 404 g/mol. The van der Waals surface area contributed by atoms with Crippen LogP contribution in [0.5, 0.6) is 0 Å². The maximum absolute atomic E-state index is 12.3. The number of aryl methyl sites for hydroxylation is 1. The monoisotopic (exact) mass is 420 g/mol. The predicted octanol–water partition coefficient (Wildman–Crippen LogP) is 3.00. The lowest BCUT2D eigenvalue weighted by atomic mass is 10.1. The van der Waals surface area contributed by atoms with E-state index >= 15 is 0 Å². The van der Waals surface area contributed by atoms with Gasteiger partial charge in [-0.05, 0) is 55.0 Å². The number of amides is 1. The highest BCUT2D eigenvalue weighted by Crippen LogP contribution is 2.19. The van der Waals surface area contributed by atoms with Gasteiger partial charge in [0.15, 0.2) is 0 Å². The zero-order valence-corrected chi connectivity index (χ0v) is 16.6. The van der Waals surface area contributed by atoms with E-state index in [0.29, 0.717) is 27.7 Å². The average molecular weight is 421 g/mol. The smallest absolute Gasteiger partial charge is 0.251 e. The lowest BCUT2D eigenvalue weighted by molar-refractivity contribution is 0.0946. The standard InChI is InChI=1S/C18H17ClN4O4S/c1-11-9-13(5-8-15(11)23-28(2,25)26)18(24)20-10-16-21-17(22-27-16)12-3-6-14(19)7-4-12/h3-9,23H,10H2,1-2H3,(H,20,24). The van der Waals surface area contributed by atoms with Gasteiger partial charge in [-0.15, -0.1) is 0 Å². The molecule has 1 amide bonds. The van der Waals surface area contributed by atoms with Crippen molar-refractivity contribution in [2.75, 3.05) is 11.0 Å². The van der Waals surface area contributed by atoms with E-state index in [1.807, 2.05) is 0 Å². The first-order valence-electron chi connectivity index (χ1n) is 8.16. The fourth-order valence-corrected chi connectivity index (χ4v) is 3.17. The van der Waals surface area contributed by atoms with E-state index in [1.54, 1.807) is 37.3 Å². The highest BCUT2D eigenvalue weighted by molar-refractivity contribution is 7.92. The summed E-state index contributed by atoms with van der Waals surface area (Å²) in [5.74, 6) is 0.304. The predicted molar refractivity (Wildman–Crippen MR) is 106 cm³/mol. The quantitative estimate of drug-likeness (QED) is 0.633. The van der Waals surface area contributed by atoms with Gasteiger partial charge in [-0.2, -0.15) is 4.98 Å². The minimum absolute atomic E-state index is 0.0574. The first-order valence-corrected chi connectivity index (χ1v) is 10.4. The SMILES string of the molecule is Cc1cc(C(=O)NCc2nc(-c3ccc(Cl)cc3)no2)ccc1NS(C)(=O)=O. The molecule has 0 radical (unpaired) electrons. The van der Waals surface area contributed by atoms with Gasteiger partial charge in [0.25, 0.3) is 5.91 Å². The van der Waals surface area contributed by atoms with Gasteiger partial charge in [-0.25, -0.2) is 8.42 Å². The van der Waals surface area contributed by atoms with Crippen LogP contribution >= 0.6 is 11.6 Å². The highest BCUT2D eigenvalue weighted by atomic mass is 35.5. The minimum Gasteiger partial charge on any atom is -0.343 e. The van der Waals surface area contributed by atoms with E-state index in [1.165, 1.54) is 12.1 Å². The third-order valence-corrected chi connectivity index (χ3v) is 4.60. The van der Waals surface area contributed by atoms with Crippen LogP contribution < -0.4 is 10.0 Å². The molecule has 1 heterocycles. The van der Waals surface area contributed by atoms with E-state index in [0.717, 1.165) is 11.8 Å². The van der Waals surface area contributed by atoms with Crippen LogP contribution in [-0.4, -0.2) is 30.7 Å². The molecule has 28 heavy (non-hydrogen) atoms. The molecule has 0 saturated heterocycles. The molecule has 8 nitrogen and oxygen atoms in total. The molecule has 0 bridgehead atoms. The van der Waals surface area contributed by atoms with E-state index in [-0.39, 0.29) is 18.3 Å². The summed E-state index contributed by atoms with van der Waals surface area (Å²) in [5, 5.41) is 7.17. The number of anilines is 1. The number of halogens is 1. The Morgan fingerprint density at radius 1 is 1.18 bits per heavy atom. The van der Waals surface area contributed by atoms with Crippen LogP contribution in [0.25, 0.3) is 11.4 Å². The molecule has 2 N–H and O–H groups in total. The van der Waals surface area contributed by atoms with Crippen molar-refractivity contribution in [3.8, 4) is 11.4 Å². The van der Waals surface area contributed by atoms with E-state index in [2.05, 4.69) is 20.2 Å².